The molecule has 0 saturated carbocycles. The van der Waals surface area contributed by atoms with Gasteiger partial charge in [-0.15, -0.1) is 5.75 Å². The summed E-state index contributed by atoms with van der Waals surface area (Å²) in [5.74, 6) is -0.857. The van der Waals surface area contributed by atoms with Crippen LogP contribution in [0.4, 0.5) is 11.4 Å². The standard InChI is InChI=1S/C16H10ClN3O4S/c17-11-3-1-2-4-12(11)18-16-19-15(22)14(25-16)8-9-7-10(20(23)24)5-6-13(9)21/h1-8,21H,(H,18,19,22)/p-1/b14-8+. The predicted octanol–water partition coefficient (Wildman–Crippen LogP) is 3.21. The highest BCUT2D eigenvalue weighted by atomic mass is 35.5. The van der Waals surface area contributed by atoms with Gasteiger partial charge in [-0.1, -0.05) is 29.8 Å². The quantitative estimate of drug-likeness (QED) is 0.504. The summed E-state index contributed by atoms with van der Waals surface area (Å²) < 4.78 is 0. The zero-order valence-electron chi connectivity index (χ0n) is 12.4. The Morgan fingerprint density at radius 2 is 2.00 bits per heavy atom. The number of halogens is 1. The number of amidine groups is 1. The molecule has 126 valence electrons. The van der Waals surface area contributed by atoms with Crippen molar-refractivity contribution in [2.75, 3.05) is 0 Å². The summed E-state index contributed by atoms with van der Waals surface area (Å²) in [4.78, 5) is 26.7. The molecule has 1 fully saturated rings. The zero-order valence-corrected chi connectivity index (χ0v) is 14.0. The van der Waals surface area contributed by atoms with Crippen LogP contribution in [0.3, 0.4) is 0 Å². The molecular weight excluding hydrogens is 366 g/mol. The van der Waals surface area contributed by atoms with Gasteiger partial charge in [-0.2, -0.15) is 0 Å². The van der Waals surface area contributed by atoms with Crippen LogP contribution in [-0.2, 0) is 4.79 Å². The Morgan fingerprint density at radius 3 is 2.72 bits per heavy atom. The molecule has 0 atom stereocenters. The van der Waals surface area contributed by atoms with E-state index in [4.69, 9.17) is 11.6 Å². The number of non-ortho nitro benzene ring substituents is 1. The highest BCUT2D eigenvalue weighted by Gasteiger charge is 2.24. The number of carbonyl (C=O) groups excluding carboxylic acids is 1. The van der Waals surface area contributed by atoms with E-state index in [1.165, 1.54) is 6.08 Å². The normalized spacial score (nSPS) is 17.1. The lowest BCUT2D eigenvalue weighted by Crippen LogP contribution is -2.19. The Bertz CT molecular complexity index is 943. The van der Waals surface area contributed by atoms with E-state index in [0.717, 1.165) is 30.0 Å². The van der Waals surface area contributed by atoms with Gasteiger partial charge in [0.25, 0.3) is 11.6 Å². The van der Waals surface area contributed by atoms with Crippen LogP contribution in [0.25, 0.3) is 6.08 Å². The minimum Gasteiger partial charge on any atom is -0.872 e. The Balaban J connectivity index is 1.91. The SMILES string of the molecule is O=C1NC(=Nc2ccccc2Cl)S/C1=C/c1cc([N+](=O)[O-])ccc1[O-]. The number of thioether (sulfide) groups is 1. The van der Waals surface area contributed by atoms with E-state index in [1.54, 1.807) is 24.3 Å². The first-order valence-corrected chi connectivity index (χ1v) is 8.13. The molecule has 9 heteroatoms. The number of para-hydroxylation sites is 1. The molecule has 0 aromatic heterocycles. The molecule has 2 aromatic rings. The number of benzene rings is 2. The third kappa shape index (κ3) is 3.81. The number of nitrogens with zero attached hydrogens (tertiary/aromatic N) is 2. The number of nitrogens with one attached hydrogen (secondary N) is 1. The molecular formula is C16H9ClN3O4S-. The van der Waals surface area contributed by atoms with Gasteiger partial charge >= 0.3 is 0 Å². The van der Waals surface area contributed by atoms with Crippen LogP contribution in [0.5, 0.6) is 5.75 Å². The van der Waals surface area contributed by atoms with Crippen molar-refractivity contribution in [2.24, 2.45) is 4.99 Å². The van der Waals surface area contributed by atoms with Crippen LogP contribution < -0.4 is 10.4 Å². The lowest BCUT2D eigenvalue weighted by Gasteiger charge is -2.09. The second kappa shape index (κ2) is 6.96. The van der Waals surface area contributed by atoms with E-state index in [1.807, 2.05) is 0 Å². The molecule has 0 aliphatic carbocycles. The Labute approximate surface area is 151 Å². The fraction of sp³-hybridized carbons (Fsp3) is 0. The molecule has 1 N–H and O–H groups in total. The van der Waals surface area contributed by atoms with E-state index in [-0.39, 0.29) is 16.2 Å². The van der Waals surface area contributed by atoms with E-state index in [9.17, 15) is 20.0 Å². The van der Waals surface area contributed by atoms with Gasteiger partial charge < -0.3 is 10.4 Å². The minimum atomic E-state index is -0.604. The molecule has 1 amide bonds. The number of aliphatic imine (C=N–C) groups is 1. The minimum absolute atomic E-state index is 0.0610. The summed E-state index contributed by atoms with van der Waals surface area (Å²) in [6.07, 6.45) is 1.31. The van der Waals surface area contributed by atoms with Gasteiger partial charge in [0.1, 0.15) is 0 Å². The molecule has 1 heterocycles. The second-order valence-electron chi connectivity index (χ2n) is 4.91. The first kappa shape index (κ1) is 17.0. The van der Waals surface area contributed by atoms with E-state index < -0.39 is 16.6 Å². The van der Waals surface area contributed by atoms with Crippen LogP contribution in [0.2, 0.25) is 5.02 Å². The molecule has 0 spiro atoms. The first-order valence-electron chi connectivity index (χ1n) is 6.93. The Kier molecular flexibility index (Phi) is 4.73. The monoisotopic (exact) mass is 374 g/mol. The maximum atomic E-state index is 12.0. The number of nitro groups is 1. The van der Waals surface area contributed by atoms with Crippen molar-refractivity contribution < 1.29 is 14.8 Å². The fourth-order valence-electron chi connectivity index (χ4n) is 2.04. The summed E-state index contributed by atoms with van der Waals surface area (Å²) >= 11 is 7.05. The zero-order chi connectivity index (χ0) is 18.0. The van der Waals surface area contributed by atoms with Gasteiger partial charge in [-0.3, -0.25) is 14.9 Å². The lowest BCUT2D eigenvalue weighted by molar-refractivity contribution is -0.385. The van der Waals surface area contributed by atoms with Gasteiger partial charge in [-0.25, -0.2) is 4.99 Å². The number of hydrogen-bond donors (Lipinski definition) is 1. The molecule has 3 rings (SSSR count). The Morgan fingerprint density at radius 1 is 1.24 bits per heavy atom. The highest BCUT2D eigenvalue weighted by Crippen LogP contribution is 2.32. The third-order valence-electron chi connectivity index (χ3n) is 3.22. The van der Waals surface area contributed by atoms with Crippen LogP contribution in [0.1, 0.15) is 5.56 Å². The number of rotatable bonds is 3. The topological polar surface area (TPSA) is 108 Å². The maximum Gasteiger partial charge on any atom is 0.269 e. The molecule has 25 heavy (non-hydrogen) atoms. The lowest BCUT2D eigenvalue weighted by atomic mass is 10.1. The van der Waals surface area contributed by atoms with Crippen LogP contribution in [-0.4, -0.2) is 16.0 Å². The van der Waals surface area contributed by atoms with E-state index >= 15 is 0 Å². The molecule has 7 nitrogen and oxygen atoms in total. The third-order valence-corrected chi connectivity index (χ3v) is 4.45. The average Bonchev–Trinajstić information content (AvgIpc) is 2.91. The second-order valence-corrected chi connectivity index (χ2v) is 6.35. The molecule has 0 unspecified atom stereocenters. The van der Waals surface area contributed by atoms with Crippen LogP contribution in [0.15, 0.2) is 52.4 Å². The van der Waals surface area contributed by atoms with Crippen molar-refractivity contribution in [3.05, 3.63) is 68.1 Å². The van der Waals surface area contributed by atoms with Crippen molar-refractivity contribution in [1.82, 2.24) is 5.32 Å². The van der Waals surface area contributed by atoms with E-state index in [0.29, 0.717) is 15.9 Å². The van der Waals surface area contributed by atoms with Crippen LogP contribution >= 0.6 is 23.4 Å². The van der Waals surface area contributed by atoms with Gasteiger partial charge in [0, 0.05) is 12.1 Å². The molecule has 0 bridgehead atoms. The number of carbonyl (C=O) groups is 1. The largest absolute Gasteiger partial charge is 0.872 e. The van der Waals surface area contributed by atoms with Crippen molar-refractivity contribution in [3.63, 3.8) is 0 Å². The number of hydrogen-bond acceptors (Lipinski definition) is 6. The van der Waals surface area contributed by atoms with E-state index in [2.05, 4.69) is 10.3 Å². The number of nitro benzene ring substituents is 1. The average molecular weight is 375 g/mol. The molecule has 1 saturated heterocycles. The summed E-state index contributed by atoms with van der Waals surface area (Å²) in [5.41, 5.74) is 0.332. The van der Waals surface area contributed by atoms with Gasteiger partial charge in [0.15, 0.2) is 5.17 Å². The van der Waals surface area contributed by atoms with Crippen LogP contribution in [0, 0.1) is 10.1 Å². The molecule has 0 radical (unpaired) electrons. The van der Waals surface area contributed by atoms with Crippen molar-refractivity contribution in [3.8, 4) is 5.75 Å². The molecule has 1 aliphatic heterocycles. The summed E-state index contributed by atoms with van der Waals surface area (Å²) in [7, 11) is 0. The first-order chi connectivity index (χ1) is 11.9. The summed E-state index contributed by atoms with van der Waals surface area (Å²) in [6.45, 7) is 0. The van der Waals surface area contributed by atoms with Crippen molar-refractivity contribution in [1.29, 1.82) is 0 Å². The fourth-order valence-corrected chi connectivity index (χ4v) is 3.04. The Hall–Kier alpha value is -2.84. The number of amides is 1. The van der Waals surface area contributed by atoms with Gasteiger partial charge in [-0.05, 0) is 35.5 Å². The molecule has 2 aromatic carbocycles. The van der Waals surface area contributed by atoms with Gasteiger partial charge in [0.2, 0.25) is 0 Å². The van der Waals surface area contributed by atoms with Crippen molar-refractivity contribution >= 4 is 51.9 Å². The summed E-state index contributed by atoms with van der Waals surface area (Å²) in [5, 5.41) is 26.0. The highest BCUT2D eigenvalue weighted by molar-refractivity contribution is 8.18. The predicted molar refractivity (Wildman–Crippen MR) is 94.8 cm³/mol. The summed E-state index contributed by atoms with van der Waals surface area (Å²) in [6, 6.07) is 10.2. The maximum absolute atomic E-state index is 12.0. The van der Waals surface area contributed by atoms with Crippen molar-refractivity contribution in [2.45, 2.75) is 0 Å². The molecule has 1 aliphatic rings. The van der Waals surface area contributed by atoms with Gasteiger partial charge in [0.05, 0.1) is 20.5 Å². The smallest absolute Gasteiger partial charge is 0.269 e.